The Bertz CT molecular complexity index is 818. The number of hydrogen-bond acceptors (Lipinski definition) is 6. The van der Waals surface area contributed by atoms with Crippen molar-refractivity contribution in [3.05, 3.63) is 23.3 Å². The van der Waals surface area contributed by atoms with E-state index in [-0.39, 0.29) is 23.5 Å². The summed E-state index contributed by atoms with van der Waals surface area (Å²) in [6, 6.07) is 0. The third kappa shape index (κ3) is 5.81. The number of imidazole rings is 1. The molecule has 0 bridgehead atoms. The van der Waals surface area contributed by atoms with E-state index in [2.05, 4.69) is 32.8 Å². The fourth-order valence-corrected chi connectivity index (χ4v) is 4.21. The number of hydrogen-bond donors (Lipinski definition) is 1. The average molecular weight is 432 g/mol. The van der Waals surface area contributed by atoms with Crippen LogP contribution >= 0.6 is 0 Å². The van der Waals surface area contributed by atoms with Crippen molar-refractivity contribution in [1.29, 1.82) is 0 Å². The van der Waals surface area contributed by atoms with Crippen molar-refractivity contribution >= 4 is 17.8 Å². The van der Waals surface area contributed by atoms with Gasteiger partial charge in [0, 0.05) is 52.7 Å². The molecule has 0 aliphatic carbocycles. The number of carbonyl (C=O) groups excluding carboxylic acids is 2. The number of morpholine rings is 1. The summed E-state index contributed by atoms with van der Waals surface area (Å²) in [7, 11) is 3.68. The number of Topliss-reactive ketones (excluding diaryl/α,β-unsaturated/α-hetero) is 1. The van der Waals surface area contributed by atoms with E-state index in [4.69, 9.17) is 9.72 Å². The number of rotatable bonds is 7. The second-order valence-electron chi connectivity index (χ2n) is 9.63. The molecule has 8 nitrogen and oxygen atoms in total. The molecule has 0 unspecified atom stereocenters. The third-order valence-corrected chi connectivity index (χ3v) is 6.22. The van der Waals surface area contributed by atoms with Gasteiger partial charge in [0.05, 0.1) is 24.8 Å². The molecule has 1 saturated heterocycles. The normalized spacial score (nSPS) is 19.4. The molecule has 1 amide bonds. The summed E-state index contributed by atoms with van der Waals surface area (Å²) in [5.41, 5.74) is 1.15. The summed E-state index contributed by atoms with van der Waals surface area (Å²) in [6.07, 6.45) is 4.31. The van der Waals surface area contributed by atoms with E-state index in [9.17, 15) is 9.59 Å². The molecule has 1 aromatic heterocycles. The Morgan fingerprint density at radius 2 is 1.90 bits per heavy atom. The lowest BCUT2D eigenvalue weighted by Crippen LogP contribution is -2.38. The number of nitrogens with zero attached hydrogens (tertiary/aromatic N) is 4. The quantitative estimate of drug-likeness (QED) is 0.662. The van der Waals surface area contributed by atoms with Crippen LogP contribution in [0.15, 0.2) is 6.08 Å². The van der Waals surface area contributed by atoms with Crippen LogP contribution < -0.4 is 5.32 Å². The smallest absolute Gasteiger partial charge is 0.223 e. The van der Waals surface area contributed by atoms with Crippen LogP contribution in [0, 0.1) is 11.3 Å². The Labute approximate surface area is 185 Å². The molecule has 1 atom stereocenters. The molecule has 0 saturated carbocycles. The summed E-state index contributed by atoms with van der Waals surface area (Å²) < 4.78 is 7.57. The molecule has 3 rings (SSSR count). The number of ether oxygens (including phenoxy) is 1. The minimum Gasteiger partial charge on any atom is -0.379 e. The maximum atomic E-state index is 13.3. The number of ketones is 1. The van der Waals surface area contributed by atoms with Crippen molar-refractivity contribution in [1.82, 2.24) is 24.7 Å². The zero-order valence-corrected chi connectivity index (χ0v) is 19.6. The van der Waals surface area contributed by atoms with E-state index in [0.717, 1.165) is 57.5 Å². The first-order chi connectivity index (χ1) is 14.7. The first kappa shape index (κ1) is 23.6. The van der Waals surface area contributed by atoms with E-state index in [1.807, 2.05) is 26.8 Å². The van der Waals surface area contributed by atoms with Gasteiger partial charge in [-0.2, -0.15) is 0 Å². The van der Waals surface area contributed by atoms with Crippen LogP contribution in [-0.2, 0) is 22.6 Å². The van der Waals surface area contributed by atoms with E-state index in [1.54, 1.807) is 7.05 Å². The second kappa shape index (κ2) is 10.1. The number of fused-ring (bicyclic) bond motifs is 1. The van der Waals surface area contributed by atoms with Gasteiger partial charge in [-0.15, -0.1) is 0 Å². The van der Waals surface area contributed by atoms with Gasteiger partial charge >= 0.3 is 0 Å². The summed E-state index contributed by atoms with van der Waals surface area (Å²) in [5, 5.41) is 2.71. The first-order valence-electron chi connectivity index (χ1n) is 11.2. The topological polar surface area (TPSA) is 79.7 Å². The predicted molar refractivity (Wildman–Crippen MR) is 121 cm³/mol. The maximum Gasteiger partial charge on any atom is 0.223 e. The van der Waals surface area contributed by atoms with E-state index in [0.29, 0.717) is 12.2 Å². The molecule has 2 aliphatic rings. The lowest BCUT2D eigenvalue weighted by molar-refractivity contribution is -0.127. The Morgan fingerprint density at radius 3 is 2.55 bits per heavy atom. The molecular formula is C23H37N5O3. The number of carbonyl (C=O) groups is 2. The number of amides is 1. The Balaban J connectivity index is 1.82. The van der Waals surface area contributed by atoms with Crippen molar-refractivity contribution in [3.63, 3.8) is 0 Å². The monoisotopic (exact) mass is 431 g/mol. The second-order valence-corrected chi connectivity index (χ2v) is 9.63. The van der Waals surface area contributed by atoms with E-state index >= 15 is 0 Å². The molecule has 8 heteroatoms. The fourth-order valence-electron chi connectivity index (χ4n) is 4.21. The van der Waals surface area contributed by atoms with Gasteiger partial charge in [-0.05, 0) is 18.5 Å². The van der Waals surface area contributed by atoms with Crippen LogP contribution in [0.1, 0.15) is 49.2 Å². The first-order valence-corrected chi connectivity index (χ1v) is 11.2. The molecule has 3 heterocycles. The molecule has 0 spiro atoms. The summed E-state index contributed by atoms with van der Waals surface area (Å²) in [5.74, 6) is 0.267. The minimum atomic E-state index is -0.399. The summed E-state index contributed by atoms with van der Waals surface area (Å²) >= 11 is 0. The number of nitrogens with one attached hydrogen (secondary N) is 1. The van der Waals surface area contributed by atoms with Gasteiger partial charge in [0.25, 0.3) is 0 Å². The molecule has 31 heavy (non-hydrogen) atoms. The van der Waals surface area contributed by atoms with Crippen LogP contribution in [0.3, 0.4) is 0 Å². The molecule has 1 fully saturated rings. The number of likely N-dealkylation sites (N-methyl/N-ethyl adjacent to an activating group) is 1. The van der Waals surface area contributed by atoms with Crippen LogP contribution in [0.2, 0.25) is 0 Å². The zero-order valence-electron chi connectivity index (χ0n) is 19.6. The highest BCUT2D eigenvalue weighted by molar-refractivity contribution is 5.98. The van der Waals surface area contributed by atoms with Crippen LogP contribution in [0.4, 0.5) is 0 Å². The van der Waals surface area contributed by atoms with Crippen molar-refractivity contribution in [3.8, 4) is 0 Å². The van der Waals surface area contributed by atoms with Crippen LogP contribution in [0.25, 0.3) is 6.08 Å². The highest BCUT2D eigenvalue weighted by atomic mass is 16.5. The van der Waals surface area contributed by atoms with Gasteiger partial charge in [0.1, 0.15) is 11.5 Å². The predicted octanol–water partition coefficient (Wildman–Crippen LogP) is 1.66. The van der Waals surface area contributed by atoms with Crippen molar-refractivity contribution in [2.75, 3.05) is 53.5 Å². The van der Waals surface area contributed by atoms with Gasteiger partial charge < -0.3 is 14.6 Å². The lowest BCUT2D eigenvalue weighted by Gasteiger charge is -2.29. The lowest BCUT2D eigenvalue weighted by atomic mass is 9.77. The maximum absolute atomic E-state index is 13.3. The van der Waals surface area contributed by atoms with Crippen LogP contribution in [-0.4, -0.2) is 84.5 Å². The number of aromatic nitrogens is 2. The van der Waals surface area contributed by atoms with Gasteiger partial charge in [-0.3, -0.25) is 19.4 Å². The largest absolute Gasteiger partial charge is 0.379 e. The zero-order chi connectivity index (χ0) is 22.6. The van der Waals surface area contributed by atoms with E-state index in [1.165, 1.54) is 0 Å². The molecule has 2 aliphatic heterocycles. The molecule has 172 valence electrons. The van der Waals surface area contributed by atoms with Crippen molar-refractivity contribution in [2.24, 2.45) is 11.3 Å². The van der Waals surface area contributed by atoms with Crippen molar-refractivity contribution in [2.45, 2.75) is 40.3 Å². The van der Waals surface area contributed by atoms with E-state index < -0.39 is 5.92 Å². The SMILES string of the molecule is CNC(=O)[C@@H](CC(=O)c1nc(/C=C/CN2CCOCC2)n2c1CN(C)CC2)C(C)(C)C. The average Bonchev–Trinajstić information content (AvgIpc) is 3.09. The standard InChI is InChI=1S/C23H37N5O3/c1-23(2,3)17(22(30)24-4)15-19(29)21-18-16-26(5)9-10-28(18)20(25-21)7-6-8-27-11-13-31-14-12-27/h6-7,17H,8-16H2,1-5H3,(H,24,30)/b7-6+/t17-/m1/s1. The third-order valence-electron chi connectivity index (χ3n) is 6.22. The minimum absolute atomic E-state index is 0.0598. The van der Waals surface area contributed by atoms with Gasteiger partial charge in [0.15, 0.2) is 5.78 Å². The molecule has 0 radical (unpaired) electrons. The highest BCUT2D eigenvalue weighted by Crippen LogP contribution is 2.31. The Hall–Kier alpha value is -2.03. The van der Waals surface area contributed by atoms with Gasteiger partial charge in [-0.1, -0.05) is 26.8 Å². The molecule has 1 N–H and O–H groups in total. The molecule has 0 aromatic carbocycles. The Morgan fingerprint density at radius 1 is 1.19 bits per heavy atom. The van der Waals surface area contributed by atoms with Crippen LogP contribution in [0.5, 0.6) is 0 Å². The Kier molecular flexibility index (Phi) is 7.67. The fraction of sp³-hybridized carbons (Fsp3) is 0.696. The van der Waals surface area contributed by atoms with Gasteiger partial charge in [0.2, 0.25) is 5.91 Å². The highest BCUT2D eigenvalue weighted by Gasteiger charge is 2.35. The molecular weight excluding hydrogens is 394 g/mol. The van der Waals surface area contributed by atoms with Gasteiger partial charge in [-0.25, -0.2) is 4.98 Å². The summed E-state index contributed by atoms with van der Waals surface area (Å²) in [4.78, 5) is 35.1. The molecule has 1 aromatic rings. The summed E-state index contributed by atoms with van der Waals surface area (Å²) in [6.45, 7) is 12.7. The van der Waals surface area contributed by atoms with Crippen molar-refractivity contribution < 1.29 is 14.3 Å².